The first-order valence-corrected chi connectivity index (χ1v) is 8.91. The van der Waals surface area contributed by atoms with Gasteiger partial charge in [-0.2, -0.15) is 0 Å². The van der Waals surface area contributed by atoms with Crippen LogP contribution in [0.2, 0.25) is 0 Å². The molecule has 0 aliphatic rings. The third-order valence-corrected chi connectivity index (χ3v) is 3.92. The molecule has 8 heteroatoms. The van der Waals surface area contributed by atoms with Crippen molar-refractivity contribution in [1.29, 1.82) is 0 Å². The molecule has 1 aromatic carbocycles. The minimum Gasteiger partial charge on any atom is -0.493 e. The van der Waals surface area contributed by atoms with Crippen molar-refractivity contribution in [1.82, 2.24) is 5.16 Å². The number of aryl methyl sites for hydroxylation is 1. The number of carbonyl (C=O) groups excluding carboxylic acids is 2. The van der Waals surface area contributed by atoms with Gasteiger partial charge in [-0.25, -0.2) is 0 Å². The lowest BCUT2D eigenvalue weighted by atomic mass is 10.2. The van der Waals surface area contributed by atoms with Crippen LogP contribution in [0.3, 0.4) is 0 Å². The molecule has 0 spiro atoms. The van der Waals surface area contributed by atoms with Crippen molar-refractivity contribution in [3.8, 4) is 5.75 Å². The number of nitrogens with one attached hydrogen (secondary N) is 1. The molecule has 0 aliphatic carbocycles. The molecule has 134 valence electrons. The molecular formula is C17H20N2O5S. The molecule has 25 heavy (non-hydrogen) atoms. The molecule has 0 bridgehead atoms. The molecule has 2 rings (SSSR count). The van der Waals surface area contributed by atoms with Crippen molar-refractivity contribution in [3.63, 3.8) is 0 Å². The molecule has 1 aromatic heterocycles. The fraction of sp³-hybridized carbons (Fsp3) is 0.353. The van der Waals surface area contributed by atoms with E-state index < -0.39 is 0 Å². The number of esters is 1. The van der Waals surface area contributed by atoms with Crippen LogP contribution in [-0.4, -0.2) is 35.1 Å². The van der Waals surface area contributed by atoms with Crippen molar-refractivity contribution in [3.05, 3.63) is 41.7 Å². The molecule has 1 N–H and O–H groups in total. The first kappa shape index (κ1) is 18.9. The van der Waals surface area contributed by atoms with E-state index in [9.17, 15) is 9.59 Å². The van der Waals surface area contributed by atoms with Gasteiger partial charge < -0.3 is 19.3 Å². The zero-order chi connectivity index (χ0) is 18.1. The number of para-hydroxylation sites is 1. The lowest BCUT2D eigenvalue weighted by Crippen LogP contribution is -2.16. The number of thioether (sulfide) groups is 1. The Morgan fingerprint density at radius 1 is 1.28 bits per heavy atom. The molecule has 0 saturated heterocycles. The average Bonchev–Trinajstić information content (AvgIpc) is 2.99. The predicted octanol–water partition coefficient (Wildman–Crippen LogP) is 2.80. The molecular weight excluding hydrogens is 344 g/mol. The Morgan fingerprint density at radius 3 is 2.80 bits per heavy atom. The predicted molar refractivity (Wildman–Crippen MR) is 94.6 cm³/mol. The first-order chi connectivity index (χ1) is 12.1. The third kappa shape index (κ3) is 6.50. The Balaban J connectivity index is 1.68. The number of nitrogens with zero attached hydrogens (tertiary/aromatic N) is 1. The van der Waals surface area contributed by atoms with Crippen molar-refractivity contribution in [2.75, 3.05) is 23.4 Å². The molecule has 0 aliphatic heterocycles. The zero-order valence-electron chi connectivity index (χ0n) is 14.1. The molecule has 0 unspecified atom stereocenters. The largest absolute Gasteiger partial charge is 0.493 e. The van der Waals surface area contributed by atoms with E-state index in [1.165, 1.54) is 11.8 Å². The monoisotopic (exact) mass is 364 g/mol. The van der Waals surface area contributed by atoms with Crippen LogP contribution in [0.1, 0.15) is 18.2 Å². The van der Waals surface area contributed by atoms with Gasteiger partial charge in [-0.05, 0) is 19.9 Å². The summed E-state index contributed by atoms with van der Waals surface area (Å²) in [7, 11) is 0. The van der Waals surface area contributed by atoms with Crippen molar-refractivity contribution in [2.24, 2.45) is 0 Å². The van der Waals surface area contributed by atoms with Gasteiger partial charge in [0.15, 0.2) is 5.82 Å². The third-order valence-electron chi connectivity index (χ3n) is 3.01. The van der Waals surface area contributed by atoms with Crippen LogP contribution in [0.5, 0.6) is 5.75 Å². The molecule has 0 fully saturated rings. The topological polar surface area (TPSA) is 90.7 Å². The number of anilines is 1. The highest BCUT2D eigenvalue weighted by Crippen LogP contribution is 2.19. The standard InChI is InChI=1S/C17H20N2O5S/c1-3-22-14-7-5-4-6-13(14)9-23-17(21)11-25-10-16(20)18-15-8-12(2)24-19-15/h4-8H,3,9-11H2,1-2H3,(H,18,19,20). The Hall–Kier alpha value is -2.48. The normalized spacial score (nSPS) is 10.3. The number of carbonyl (C=O) groups is 2. The van der Waals surface area contributed by atoms with E-state index in [2.05, 4.69) is 10.5 Å². The summed E-state index contributed by atoms with van der Waals surface area (Å²) >= 11 is 1.17. The summed E-state index contributed by atoms with van der Waals surface area (Å²) in [5.41, 5.74) is 0.807. The van der Waals surface area contributed by atoms with Crippen molar-refractivity contribution >= 4 is 29.5 Å². The molecule has 0 radical (unpaired) electrons. The van der Waals surface area contributed by atoms with Crippen LogP contribution in [0.25, 0.3) is 0 Å². The van der Waals surface area contributed by atoms with E-state index >= 15 is 0 Å². The van der Waals surface area contributed by atoms with Gasteiger partial charge in [0.05, 0.1) is 18.1 Å². The number of aromatic nitrogens is 1. The summed E-state index contributed by atoms with van der Waals surface area (Å²) in [6.45, 7) is 4.31. The summed E-state index contributed by atoms with van der Waals surface area (Å²) in [5.74, 6) is 1.23. The minimum absolute atomic E-state index is 0.0854. The molecule has 1 heterocycles. The van der Waals surface area contributed by atoms with Crippen LogP contribution in [0.4, 0.5) is 5.82 Å². The van der Waals surface area contributed by atoms with Crippen molar-refractivity contribution < 1.29 is 23.6 Å². The number of benzene rings is 1. The molecule has 7 nitrogen and oxygen atoms in total. The van der Waals surface area contributed by atoms with Crippen LogP contribution in [0.15, 0.2) is 34.9 Å². The number of rotatable bonds is 9. The smallest absolute Gasteiger partial charge is 0.316 e. The van der Waals surface area contributed by atoms with Gasteiger partial charge in [-0.1, -0.05) is 23.4 Å². The highest BCUT2D eigenvalue weighted by molar-refractivity contribution is 8.00. The highest BCUT2D eigenvalue weighted by atomic mass is 32.2. The SMILES string of the molecule is CCOc1ccccc1COC(=O)CSCC(=O)Nc1cc(C)on1. The van der Waals surface area contributed by atoms with E-state index in [-0.39, 0.29) is 30.0 Å². The minimum atomic E-state index is -0.388. The van der Waals surface area contributed by atoms with E-state index in [1.54, 1.807) is 13.0 Å². The van der Waals surface area contributed by atoms with Crippen LogP contribution >= 0.6 is 11.8 Å². The highest BCUT2D eigenvalue weighted by Gasteiger charge is 2.10. The second-order valence-corrected chi connectivity index (χ2v) is 6.05. The number of ether oxygens (including phenoxy) is 2. The lowest BCUT2D eigenvalue weighted by molar-refractivity contribution is -0.141. The average molecular weight is 364 g/mol. The van der Waals surface area contributed by atoms with Gasteiger partial charge in [0.1, 0.15) is 18.1 Å². The van der Waals surface area contributed by atoms with Gasteiger partial charge >= 0.3 is 5.97 Å². The number of hydrogen-bond acceptors (Lipinski definition) is 7. The number of amides is 1. The summed E-state index contributed by atoms with van der Waals surface area (Å²) in [6, 6.07) is 9.01. The Labute approximate surface area is 150 Å². The van der Waals surface area contributed by atoms with Crippen LogP contribution < -0.4 is 10.1 Å². The van der Waals surface area contributed by atoms with E-state index in [0.717, 1.165) is 5.56 Å². The molecule has 0 atom stereocenters. The number of hydrogen-bond donors (Lipinski definition) is 1. The molecule has 2 aromatic rings. The lowest BCUT2D eigenvalue weighted by Gasteiger charge is -2.10. The maximum absolute atomic E-state index is 11.8. The molecule has 0 saturated carbocycles. The van der Waals surface area contributed by atoms with E-state index in [0.29, 0.717) is 23.9 Å². The van der Waals surface area contributed by atoms with E-state index in [1.807, 2.05) is 31.2 Å². The second-order valence-electron chi connectivity index (χ2n) is 5.07. The summed E-state index contributed by atoms with van der Waals surface area (Å²) in [6.07, 6.45) is 0. The fourth-order valence-electron chi connectivity index (χ4n) is 1.95. The maximum atomic E-state index is 11.8. The quantitative estimate of drug-likeness (QED) is 0.684. The second kappa shape index (κ2) is 9.73. The first-order valence-electron chi connectivity index (χ1n) is 7.75. The Bertz CT molecular complexity index is 717. The molecule has 1 amide bonds. The van der Waals surface area contributed by atoms with Crippen LogP contribution in [-0.2, 0) is 20.9 Å². The van der Waals surface area contributed by atoms with E-state index in [4.69, 9.17) is 14.0 Å². The van der Waals surface area contributed by atoms with Crippen LogP contribution in [0, 0.1) is 6.92 Å². The van der Waals surface area contributed by atoms with Gasteiger partial charge in [0, 0.05) is 11.6 Å². The van der Waals surface area contributed by atoms with Crippen molar-refractivity contribution in [2.45, 2.75) is 20.5 Å². The maximum Gasteiger partial charge on any atom is 0.316 e. The summed E-state index contributed by atoms with van der Waals surface area (Å²) < 4.78 is 15.5. The Morgan fingerprint density at radius 2 is 2.08 bits per heavy atom. The Kier molecular flexibility index (Phi) is 7.34. The zero-order valence-corrected chi connectivity index (χ0v) is 14.9. The van der Waals surface area contributed by atoms with Gasteiger partial charge in [0.25, 0.3) is 0 Å². The van der Waals surface area contributed by atoms with Gasteiger partial charge in [0.2, 0.25) is 5.91 Å². The summed E-state index contributed by atoms with van der Waals surface area (Å²) in [4.78, 5) is 23.5. The van der Waals surface area contributed by atoms with Gasteiger partial charge in [-0.15, -0.1) is 11.8 Å². The fourth-order valence-corrected chi connectivity index (χ4v) is 2.56. The van der Waals surface area contributed by atoms with Gasteiger partial charge in [-0.3, -0.25) is 9.59 Å². The summed E-state index contributed by atoms with van der Waals surface area (Å²) in [5, 5.41) is 6.25.